The minimum atomic E-state index is -2.92. The van der Waals surface area contributed by atoms with Gasteiger partial charge < -0.3 is 11.1 Å². The number of aryl methyl sites for hydroxylation is 1. The summed E-state index contributed by atoms with van der Waals surface area (Å²) in [6, 6.07) is 5.73. The fourth-order valence-electron chi connectivity index (χ4n) is 2.34. The third-order valence-electron chi connectivity index (χ3n) is 3.26. The second-order valence-corrected chi connectivity index (χ2v) is 7.68. The number of thiocarbonyl (C=S) groups is 1. The van der Waals surface area contributed by atoms with Crippen molar-refractivity contribution in [3.05, 3.63) is 29.3 Å². The van der Waals surface area contributed by atoms with Crippen molar-refractivity contribution in [2.45, 2.75) is 25.8 Å². The van der Waals surface area contributed by atoms with Crippen LogP contribution in [0, 0.1) is 6.92 Å². The van der Waals surface area contributed by atoms with E-state index in [0.717, 1.165) is 23.2 Å². The van der Waals surface area contributed by atoms with Crippen molar-refractivity contribution in [3.63, 3.8) is 0 Å². The van der Waals surface area contributed by atoms with Crippen LogP contribution in [0.4, 0.5) is 5.69 Å². The highest BCUT2D eigenvalue weighted by molar-refractivity contribution is 7.91. The van der Waals surface area contributed by atoms with E-state index in [1.807, 2.05) is 25.1 Å². The van der Waals surface area contributed by atoms with Gasteiger partial charge in [0.2, 0.25) is 0 Å². The highest BCUT2D eigenvalue weighted by atomic mass is 32.2. The quantitative estimate of drug-likeness (QED) is 0.830. The maximum atomic E-state index is 11.6. The first kappa shape index (κ1) is 14.3. The predicted octanol–water partition coefficient (Wildman–Crippen LogP) is 1.62. The number of hydrogen-bond donors (Lipinski definition) is 2. The molecule has 1 aromatic carbocycles. The van der Waals surface area contributed by atoms with Crippen molar-refractivity contribution in [2.24, 2.45) is 5.73 Å². The molecular formula is C13H18N2O2S2. The molecule has 0 aromatic heterocycles. The minimum Gasteiger partial charge on any atom is -0.389 e. The Bertz CT molecular complexity index is 597. The molecule has 1 aliphatic rings. The summed E-state index contributed by atoms with van der Waals surface area (Å²) in [4.78, 5) is 0.324. The van der Waals surface area contributed by atoms with E-state index < -0.39 is 9.84 Å². The lowest BCUT2D eigenvalue weighted by Crippen LogP contribution is -2.35. The Hall–Kier alpha value is -1.14. The molecule has 0 spiro atoms. The molecule has 1 aromatic rings. The summed E-state index contributed by atoms with van der Waals surface area (Å²) in [5, 5.41) is 3.27. The molecule has 1 fully saturated rings. The third kappa shape index (κ3) is 3.67. The first-order valence-corrected chi connectivity index (χ1v) is 8.48. The highest BCUT2D eigenvalue weighted by Crippen LogP contribution is 2.22. The van der Waals surface area contributed by atoms with Gasteiger partial charge in [0.05, 0.1) is 11.5 Å². The van der Waals surface area contributed by atoms with E-state index in [9.17, 15) is 8.42 Å². The largest absolute Gasteiger partial charge is 0.389 e. The molecule has 1 heterocycles. The van der Waals surface area contributed by atoms with Gasteiger partial charge in [0.1, 0.15) is 4.99 Å². The van der Waals surface area contributed by atoms with E-state index in [0.29, 0.717) is 17.2 Å². The number of rotatable bonds is 3. The topological polar surface area (TPSA) is 72.2 Å². The standard InChI is InChI=1S/C13H18N2O2S2/c1-9-4-5-12(11(7-9)13(14)18)15-10-3-2-6-19(16,17)8-10/h4-5,7,10,15H,2-3,6,8H2,1H3,(H2,14,18). The Kier molecular flexibility index (Phi) is 4.10. The van der Waals surface area contributed by atoms with Crippen molar-refractivity contribution in [1.29, 1.82) is 0 Å². The summed E-state index contributed by atoms with van der Waals surface area (Å²) in [5.41, 5.74) is 8.38. The molecule has 104 valence electrons. The molecule has 0 amide bonds. The second kappa shape index (κ2) is 5.46. The number of nitrogens with one attached hydrogen (secondary N) is 1. The molecule has 0 bridgehead atoms. The lowest BCUT2D eigenvalue weighted by Gasteiger charge is -2.25. The van der Waals surface area contributed by atoms with E-state index >= 15 is 0 Å². The van der Waals surface area contributed by atoms with Crippen molar-refractivity contribution >= 4 is 32.7 Å². The van der Waals surface area contributed by atoms with Crippen molar-refractivity contribution in [2.75, 3.05) is 16.8 Å². The van der Waals surface area contributed by atoms with Gasteiger partial charge in [-0.05, 0) is 31.9 Å². The van der Waals surface area contributed by atoms with Crippen LogP contribution in [-0.2, 0) is 9.84 Å². The third-order valence-corrected chi connectivity index (χ3v) is 5.30. The van der Waals surface area contributed by atoms with E-state index in [1.54, 1.807) is 0 Å². The van der Waals surface area contributed by atoms with E-state index in [4.69, 9.17) is 18.0 Å². The molecule has 3 N–H and O–H groups in total. The molecule has 4 nitrogen and oxygen atoms in total. The normalized spacial score (nSPS) is 21.8. The summed E-state index contributed by atoms with van der Waals surface area (Å²) >= 11 is 5.04. The highest BCUT2D eigenvalue weighted by Gasteiger charge is 2.25. The maximum absolute atomic E-state index is 11.6. The maximum Gasteiger partial charge on any atom is 0.152 e. The van der Waals surface area contributed by atoms with Crippen LogP contribution < -0.4 is 11.1 Å². The van der Waals surface area contributed by atoms with E-state index in [-0.39, 0.29) is 11.8 Å². The van der Waals surface area contributed by atoms with Crippen LogP contribution >= 0.6 is 12.2 Å². The van der Waals surface area contributed by atoms with E-state index in [2.05, 4.69) is 5.32 Å². The SMILES string of the molecule is Cc1ccc(NC2CCCS(=O)(=O)C2)c(C(N)=S)c1. The smallest absolute Gasteiger partial charge is 0.152 e. The second-order valence-electron chi connectivity index (χ2n) is 5.01. The fraction of sp³-hybridized carbons (Fsp3) is 0.462. The summed E-state index contributed by atoms with van der Waals surface area (Å²) in [6.45, 7) is 1.97. The van der Waals surface area contributed by atoms with E-state index in [1.165, 1.54) is 0 Å². The fourth-order valence-corrected chi connectivity index (χ4v) is 4.15. The molecule has 1 saturated heterocycles. The zero-order valence-corrected chi connectivity index (χ0v) is 12.5. The Morgan fingerprint density at radius 3 is 2.84 bits per heavy atom. The van der Waals surface area contributed by atoms with Gasteiger partial charge in [0.15, 0.2) is 9.84 Å². The molecular weight excluding hydrogens is 280 g/mol. The number of hydrogen-bond acceptors (Lipinski definition) is 4. The Labute approximate surface area is 119 Å². The van der Waals surface area contributed by atoms with Gasteiger partial charge in [-0.1, -0.05) is 23.8 Å². The summed E-state index contributed by atoms with van der Waals surface area (Å²) in [7, 11) is -2.92. The lowest BCUT2D eigenvalue weighted by molar-refractivity contribution is 0.562. The summed E-state index contributed by atoms with van der Waals surface area (Å²) in [6.07, 6.45) is 1.55. The number of anilines is 1. The van der Waals surface area contributed by atoms with Crippen LogP contribution in [0.5, 0.6) is 0 Å². The number of sulfone groups is 1. The van der Waals surface area contributed by atoms with Gasteiger partial charge in [-0.2, -0.15) is 0 Å². The molecule has 6 heteroatoms. The van der Waals surface area contributed by atoms with Crippen LogP contribution in [-0.4, -0.2) is 31.0 Å². The molecule has 1 unspecified atom stereocenters. The van der Waals surface area contributed by atoms with Gasteiger partial charge in [0.25, 0.3) is 0 Å². The zero-order valence-electron chi connectivity index (χ0n) is 10.8. The predicted molar refractivity (Wildman–Crippen MR) is 82.4 cm³/mol. The van der Waals surface area contributed by atoms with Crippen molar-refractivity contribution in [3.8, 4) is 0 Å². The van der Waals surface area contributed by atoms with Crippen LogP contribution in [0.15, 0.2) is 18.2 Å². The molecule has 1 aliphatic heterocycles. The minimum absolute atomic E-state index is 0.0606. The first-order chi connectivity index (χ1) is 8.87. The zero-order chi connectivity index (χ0) is 14.0. The molecule has 19 heavy (non-hydrogen) atoms. The van der Waals surface area contributed by atoms with Crippen LogP contribution in [0.1, 0.15) is 24.0 Å². The van der Waals surface area contributed by atoms with Gasteiger partial charge in [-0.3, -0.25) is 0 Å². The van der Waals surface area contributed by atoms with Gasteiger partial charge in [0, 0.05) is 17.3 Å². The van der Waals surface area contributed by atoms with Gasteiger partial charge >= 0.3 is 0 Å². The molecule has 1 atom stereocenters. The van der Waals surface area contributed by atoms with Crippen LogP contribution in [0.25, 0.3) is 0 Å². The molecule has 2 rings (SSSR count). The number of benzene rings is 1. The molecule has 0 radical (unpaired) electrons. The summed E-state index contributed by atoms with van der Waals surface area (Å²) in [5.74, 6) is 0.471. The Balaban J connectivity index is 2.21. The Morgan fingerprint density at radius 2 is 2.21 bits per heavy atom. The van der Waals surface area contributed by atoms with Crippen molar-refractivity contribution < 1.29 is 8.42 Å². The van der Waals surface area contributed by atoms with Crippen LogP contribution in [0.2, 0.25) is 0 Å². The average molecular weight is 298 g/mol. The Morgan fingerprint density at radius 1 is 1.47 bits per heavy atom. The van der Waals surface area contributed by atoms with Gasteiger partial charge in [-0.25, -0.2) is 8.42 Å². The van der Waals surface area contributed by atoms with Gasteiger partial charge in [-0.15, -0.1) is 0 Å². The van der Waals surface area contributed by atoms with Crippen molar-refractivity contribution in [1.82, 2.24) is 0 Å². The van der Waals surface area contributed by atoms with Crippen LogP contribution in [0.3, 0.4) is 0 Å². The number of nitrogens with two attached hydrogens (primary N) is 1. The molecule has 0 aliphatic carbocycles. The summed E-state index contributed by atoms with van der Waals surface area (Å²) < 4.78 is 23.3. The first-order valence-electron chi connectivity index (χ1n) is 6.25. The monoisotopic (exact) mass is 298 g/mol. The molecule has 0 saturated carbocycles. The average Bonchev–Trinajstić information content (AvgIpc) is 2.30. The lowest BCUT2D eigenvalue weighted by atomic mass is 10.1.